The Labute approximate surface area is 117 Å². The molecule has 0 aliphatic carbocycles. The van der Waals surface area contributed by atoms with Gasteiger partial charge in [-0.25, -0.2) is 0 Å². The first-order valence-electron chi connectivity index (χ1n) is 6.09. The quantitative estimate of drug-likeness (QED) is 0.666. The summed E-state index contributed by atoms with van der Waals surface area (Å²) in [5, 5.41) is 11.1. The van der Waals surface area contributed by atoms with Crippen molar-refractivity contribution < 1.29 is 4.79 Å². The van der Waals surface area contributed by atoms with Crippen LogP contribution in [0.15, 0.2) is 34.5 Å². The normalized spacial score (nSPS) is 18.3. The molecule has 1 aliphatic heterocycles. The Hall–Kier alpha value is -1.62. The van der Waals surface area contributed by atoms with E-state index in [0.717, 1.165) is 5.56 Å². The highest BCUT2D eigenvalue weighted by molar-refractivity contribution is 8.15. The Morgan fingerprint density at radius 3 is 2.47 bits per heavy atom. The number of hydrogen-bond donors (Lipinski definition) is 1. The average molecular weight is 275 g/mol. The van der Waals surface area contributed by atoms with Crippen LogP contribution in [0.2, 0.25) is 0 Å². The highest BCUT2D eigenvalue weighted by Gasteiger charge is 2.16. The average Bonchev–Trinajstić information content (AvgIpc) is 2.75. The van der Waals surface area contributed by atoms with Gasteiger partial charge < -0.3 is 5.32 Å². The zero-order valence-electron chi connectivity index (χ0n) is 11.3. The van der Waals surface area contributed by atoms with Crippen molar-refractivity contribution >= 4 is 29.1 Å². The molecule has 0 atom stereocenters. The molecular formula is C14H17N3OS. The Bertz CT molecular complexity index is 527. The number of carbonyl (C=O) groups is 1. The fourth-order valence-corrected chi connectivity index (χ4v) is 2.23. The molecule has 0 aromatic heterocycles. The molecule has 1 aromatic rings. The summed E-state index contributed by atoms with van der Waals surface area (Å²) in [6, 6.07) is 8.23. The monoisotopic (exact) mass is 275 g/mol. The molecule has 2 rings (SSSR count). The van der Waals surface area contributed by atoms with Crippen molar-refractivity contribution in [3.8, 4) is 0 Å². The first kappa shape index (κ1) is 13.8. The largest absolute Gasteiger partial charge is 0.303 e. The SMILES string of the molecule is CC(C)(C)c1ccc(C=NN=C2NC(=O)CS2)cc1. The van der Waals surface area contributed by atoms with Crippen molar-refractivity contribution in [1.82, 2.24) is 5.32 Å². The number of carbonyl (C=O) groups excluding carboxylic acids is 1. The molecule has 0 bridgehead atoms. The lowest BCUT2D eigenvalue weighted by atomic mass is 9.87. The molecule has 1 aromatic carbocycles. The van der Waals surface area contributed by atoms with Crippen molar-refractivity contribution in [1.29, 1.82) is 0 Å². The van der Waals surface area contributed by atoms with Crippen LogP contribution in [0.1, 0.15) is 31.9 Å². The van der Waals surface area contributed by atoms with E-state index in [1.54, 1.807) is 6.21 Å². The third-order valence-electron chi connectivity index (χ3n) is 2.72. The van der Waals surface area contributed by atoms with Crippen LogP contribution >= 0.6 is 11.8 Å². The highest BCUT2D eigenvalue weighted by Crippen LogP contribution is 2.21. The molecule has 1 N–H and O–H groups in total. The van der Waals surface area contributed by atoms with Crippen LogP contribution in [0, 0.1) is 0 Å². The standard InChI is InChI=1S/C14H17N3OS/c1-14(2,3)11-6-4-10(5-7-11)8-15-17-13-16-12(18)9-19-13/h4-8H,9H2,1-3H3,(H,16,17,18). The Balaban J connectivity index is 2.02. The van der Waals surface area contributed by atoms with Gasteiger partial charge in [0.2, 0.25) is 5.91 Å². The molecule has 0 saturated carbocycles. The van der Waals surface area contributed by atoms with Gasteiger partial charge in [-0.2, -0.15) is 5.10 Å². The van der Waals surface area contributed by atoms with E-state index in [0.29, 0.717) is 10.9 Å². The van der Waals surface area contributed by atoms with E-state index in [-0.39, 0.29) is 11.3 Å². The van der Waals surface area contributed by atoms with Gasteiger partial charge in [0.15, 0.2) is 5.17 Å². The van der Waals surface area contributed by atoms with E-state index in [9.17, 15) is 4.79 Å². The van der Waals surface area contributed by atoms with Crippen LogP contribution in [0.25, 0.3) is 0 Å². The fourth-order valence-electron chi connectivity index (χ4n) is 1.60. The summed E-state index contributed by atoms with van der Waals surface area (Å²) in [6.45, 7) is 6.55. The molecule has 4 nitrogen and oxygen atoms in total. The van der Waals surface area contributed by atoms with E-state index < -0.39 is 0 Å². The van der Waals surface area contributed by atoms with Crippen molar-refractivity contribution in [2.24, 2.45) is 10.2 Å². The van der Waals surface area contributed by atoms with Gasteiger partial charge in [0, 0.05) is 0 Å². The van der Waals surface area contributed by atoms with Crippen LogP contribution in [-0.2, 0) is 10.2 Å². The predicted molar refractivity (Wildman–Crippen MR) is 80.8 cm³/mol. The lowest BCUT2D eigenvalue weighted by molar-refractivity contribution is -0.116. The number of benzene rings is 1. The first-order chi connectivity index (χ1) is 8.95. The zero-order chi connectivity index (χ0) is 13.9. The zero-order valence-corrected chi connectivity index (χ0v) is 12.1. The molecule has 1 saturated heterocycles. The van der Waals surface area contributed by atoms with Crippen LogP contribution in [0.3, 0.4) is 0 Å². The molecule has 1 aliphatic rings. The van der Waals surface area contributed by atoms with Gasteiger partial charge in [0.25, 0.3) is 0 Å². The van der Waals surface area contributed by atoms with Crippen molar-refractivity contribution in [2.45, 2.75) is 26.2 Å². The molecule has 1 heterocycles. The molecule has 100 valence electrons. The van der Waals surface area contributed by atoms with Crippen molar-refractivity contribution in [3.63, 3.8) is 0 Å². The maximum Gasteiger partial charge on any atom is 0.236 e. The van der Waals surface area contributed by atoms with Gasteiger partial charge in [0.1, 0.15) is 0 Å². The molecular weight excluding hydrogens is 258 g/mol. The number of amides is 1. The Morgan fingerprint density at radius 1 is 1.26 bits per heavy atom. The number of hydrogen-bond acceptors (Lipinski definition) is 4. The minimum atomic E-state index is -0.0199. The van der Waals surface area contributed by atoms with Crippen LogP contribution in [-0.4, -0.2) is 23.0 Å². The minimum absolute atomic E-state index is 0.0199. The van der Waals surface area contributed by atoms with Gasteiger partial charge in [-0.1, -0.05) is 56.8 Å². The van der Waals surface area contributed by atoms with Gasteiger partial charge in [-0.15, -0.1) is 5.10 Å². The van der Waals surface area contributed by atoms with E-state index in [1.807, 2.05) is 12.1 Å². The second kappa shape index (κ2) is 5.57. The number of nitrogens with zero attached hydrogens (tertiary/aromatic N) is 2. The van der Waals surface area contributed by atoms with Gasteiger partial charge in [-0.3, -0.25) is 4.79 Å². The number of thioether (sulfide) groups is 1. The second-order valence-electron chi connectivity index (χ2n) is 5.36. The number of nitrogens with one attached hydrogen (secondary N) is 1. The first-order valence-corrected chi connectivity index (χ1v) is 7.08. The molecule has 1 fully saturated rings. The van der Waals surface area contributed by atoms with Gasteiger partial charge in [-0.05, 0) is 16.5 Å². The minimum Gasteiger partial charge on any atom is -0.303 e. The summed E-state index contributed by atoms with van der Waals surface area (Å²) in [5.41, 5.74) is 2.43. The molecule has 5 heteroatoms. The Kier molecular flexibility index (Phi) is 4.04. The van der Waals surface area contributed by atoms with E-state index in [1.165, 1.54) is 17.3 Å². The molecule has 1 amide bonds. The lowest BCUT2D eigenvalue weighted by Crippen LogP contribution is -2.19. The number of rotatable bonds is 2. The third kappa shape index (κ3) is 3.92. The van der Waals surface area contributed by atoms with Crippen molar-refractivity contribution in [3.05, 3.63) is 35.4 Å². The predicted octanol–water partition coefficient (Wildman–Crippen LogP) is 2.54. The summed E-state index contributed by atoms with van der Waals surface area (Å²) >= 11 is 1.37. The van der Waals surface area contributed by atoms with Crippen LogP contribution in [0.4, 0.5) is 0 Å². The molecule has 0 radical (unpaired) electrons. The summed E-state index contributed by atoms with van der Waals surface area (Å²) in [7, 11) is 0. The molecule has 0 unspecified atom stereocenters. The van der Waals surface area contributed by atoms with Gasteiger partial charge in [0.05, 0.1) is 12.0 Å². The van der Waals surface area contributed by atoms with E-state index in [2.05, 4.69) is 48.4 Å². The smallest absolute Gasteiger partial charge is 0.236 e. The number of amidine groups is 1. The second-order valence-corrected chi connectivity index (χ2v) is 6.32. The summed E-state index contributed by atoms with van der Waals surface area (Å²) in [5.74, 6) is 0.405. The van der Waals surface area contributed by atoms with E-state index in [4.69, 9.17) is 0 Å². The molecule has 19 heavy (non-hydrogen) atoms. The van der Waals surface area contributed by atoms with Crippen LogP contribution < -0.4 is 5.32 Å². The topological polar surface area (TPSA) is 53.8 Å². The van der Waals surface area contributed by atoms with Gasteiger partial charge >= 0.3 is 0 Å². The van der Waals surface area contributed by atoms with Crippen molar-refractivity contribution in [2.75, 3.05) is 5.75 Å². The fraction of sp³-hybridized carbons (Fsp3) is 0.357. The maximum absolute atomic E-state index is 11.0. The highest BCUT2D eigenvalue weighted by atomic mass is 32.2. The lowest BCUT2D eigenvalue weighted by Gasteiger charge is -2.18. The summed E-state index contributed by atoms with van der Waals surface area (Å²) in [6.07, 6.45) is 1.68. The molecule has 0 spiro atoms. The van der Waals surface area contributed by atoms with E-state index >= 15 is 0 Å². The van der Waals surface area contributed by atoms with Crippen LogP contribution in [0.5, 0.6) is 0 Å². The summed E-state index contributed by atoms with van der Waals surface area (Å²) in [4.78, 5) is 11.0. The third-order valence-corrected chi connectivity index (χ3v) is 3.58. The Morgan fingerprint density at radius 2 is 1.95 bits per heavy atom. The maximum atomic E-state index is 11.0. The summed E-state index contributed by atoms with van der Waals surface area (Å²) < 4.78 is 0.